The first-order valence-electron chi connectivity index (χ1n) is 6.39. The summed E-state index contributed by atoms with van der Waals surface area (Å²) in [6.07, 6.45) is 6.78. The molecule has 1 saturated carbocycles. The highest BCUT2D eigenvalue weighted by molar-refractivity contribution is 5.51. The Balaban J connectivity index is 1.75. The summed E-state index contributed by atoms with van der Waals surface area (Å²) in [6, 6.07) is 6.94. The Kier molecular flexibility index (Phi) is 2.60. The lowest BCUT2D eigenvalue weighted by molar-refractivity contribution is 0.172. The summed E-state index contributed by atoms with van der Waals surface area (Å²) in [7, 11) is 0. The molecule has 0 aliphatic heterocycles. The zero-order chi connectivity index (χ0) is 11.0. The van der Waals surface area contributed by atoms with Gasteiger partial charge in [0.25, 0.3) is 0 Å². The number of aliphatic hydroxyl groups excluding tert-OH is 1. The van der Waals surface area contributed by atoms with E-state index in [9.17, 15) is 5.11 Å². The molecule has 3 rings (SSSR count). The summed E-state index contributed by atoms with van der Waals surface area (Å²) in [6.45, 7) is 0. The fraction of sp³-hybridized carbons (Fsp3) is 0.571. The first kappa shape index (κ1) is 10.2. The minimum absolute atomic E-state index is 0.159. The number of rotatable bonds is 2. The largest absolute Gasteiger partial charge is 0.391 e. The molecule has 2 aliphatic carbocycles. The SMILES string of the molecule is O[C@H]1CCC[C@@H]1Nc1ccc2c(c1)CCC2. The number of hydrogen-bond acceptors (Lipinski definition) is 2. The molecule has 0 radical (unpaired) electrons. The van der Waals surface area contributed by atoms with E-state index in [-0.39, 0.29) is 12.1 Å². The van der Waals surface area contributed by atoms with Crippen LogP contribution in [0.3, 0.4) is 0 Å². The lowest BCUT2D eigenvalue weighted by Crippen LogP contribution is -2.27. The molecule has 0 amide bonds. The van der Waals surface area contributed by atoms with Gasteiger partial charge in [-0.25, -0.2) is 0 Å². The number of fused-ring (bicyclic) bond motifs is 1. The molecule has 0 aromatic heterocycles. The van der Waals surface area contributed by atoms with E-state index in [0.717, 1.165) is 19.3 Å². The lowest BCUT2D eigenvalue weighted by atomic mass is 10.1. The average Bonchev–Trinajstić information content (AvgIpc) is 2.88. The normalized spacial score (nSPS) is 28.1. The van der Waals surface area contributed by atoms with Crippen molar-refractivity contribution in [1.29, 1.82) is 0 Å². The summed E-state index contributed by atoms with van der Waals surface area (Å²) in [5.41, 5.74) is 4.20. The van der Waals surface area contributed by atoms with Gasteiger partial charge >= 0.3 is 0 Å². The second-order valence-corrected chi connectivity index (χ2v) is 5.09. The molecule has 2 aliphatic rings. The van der Waals surface area contributed by atoms with Crippen LogP contribution in [-0.2, 0) is 12.8 Å². The molecular weight excluding hydrogens is 198 g/mol. The molecule has 16 heavy (non-hydrogen) atoms. The van der Waals surface area contributed by atoms with E-state index in [2.05, 4.69) is 23.5 Å². The Morgan fingerprint density at radius 3 is 2.75 bits per heavy atom. The van der Waals surface area contributed by atoms with Crippen LogP contribution in [0.15, 0.2) is 18.2 Å². The molecule has 1 aromatic rings. The van der Waals surface area contributed by atoms with E-state index < -0.39 is 0 Å². The topological polar surface area (TPSA) is 32.3 Å². The molecule has 2 atom stereocenters. The van der Waals surface area contributed by atoms with E-state index in [1.54, 1.807) is 0 Å². The van der Waals surface area contributed by atoms with Crippen LogP contribution in [0.25, 0.3) is 0 Å². The maximum Gasteiger partial charge on any atom is 0.0741 e. The van der Waals surface area contributed by atoms with Crippen molar-refractivity contribution in [3.8, 4) is 0 Å². The second-order valence-electron chi connectivity index (χ2n) is 5.09. The number of aliphatic hydroxyl groups is 1. The smallest absolute Gasteiger partial charge is 0.0741 e. The van der Waals surface area contributed by atoms with Crippen molar-refractivity contribution in [1.82, 2.24) is 0 Å². The predicted molar refractivity (Wildman–Crippen MR) is 65.7 cm³/mol. The standard InChI is InChI=1S/C14H19NO/c16-14-6-2-5-13(14)15-12-8-7-10-3-1-4-11(10)9-12/h7-9,13-16H,1-6H2/t13-,14-/m0/s1. The summed E-state index contributed by atoms with van der Waals surface area (Å²) in [4.78, 5) is 0. The highest BCUT2D eigenvalue weighted by Gasteiger charge is 2.25. The number of nitrogens with one attached hydrogen (secondary N) is 1. The average molecular weight is 217 g/mol. The van der Waals surface area contributed by atoms with Crippen molar-refractivity contribution in [3.63, 3.8) is 0 Å². The second kappa shape index (κ2) is 4.10. The van der Waals surface area contributed by atoms with E-state index in [4.69, 9.17) is 0 Å². The van der Waals surface area contributed by atoms with Crippen LogP contribution >= 0.6 is 0 Å². The number of aryl methyl sites for hydroxylation is 2. The van der Waals surface area contributed by atoms with Crippen molar-refractivity contribution < 1.29 is 5.11 Å². The number of anilines is 1. The fourth-order valence-corrected chi connectivity index (χ4v) is 2.98. The molecule has 2 N–H and O–H groups in total. The third-order valence-electron chi connectivity index (χ3n) is 3.93. The molecule has 0 spiro atoms. The minimum atomic E-state index is -0.159. The molecule has 0 heterocycles. The molecule has 1 fully saturated rings. The van der Waals surface area contributed by atoms with Crippen molar-refractivity contribution >= 4 is 5.69 Å². The lowest BCUT2D eigenvalue weighted by Gasteiger charge is -2.18. The van der Waals surface area contributed by atoms with Gasteiger partial charge in [0.05, 0.1) is 12.1 Å². The van der Waals surface area contributed by atoms with Crippen molar-refractivity contribution in [3.05, 3.63) is 29.3 Å². The Morgan fingerprint density at radius 2 is 1.94 bits per heavy atom. The zero-order valence-corrected chi connectivity index (χ0v) is 9.58. The van der Waals surface area contributed by atoms with Gasteiger partial charge in [-0.15, -0.1) is 0 Å². The summed E-state index contributed by atoms with van der Waals surface area (Å²) < 4.78 is 0. The van der Waals surface area contributed by atoms with Crippen LogP contribution in [-0.4, -0.2) is 17.3 Å². The molecule has 86 valence electrons. The zero-order valence-electron chi connectivity index (χ0n) is 9.58. The van der Waals surface area contributed by atoms with Crippen molar-refractivity contribution in [2.75, 3.05) is 5.32 Å². The molecule has 0 saturated heterocycles. The van der Waals surface area contributed by atoms with Crippen LogP contribution in [0.1, 0.15) is 36.8 Å². The van der Waals surface area contributed by atoms with Gasteiger partial charge in [0.1, 0.15) is 0 Å². The van der Waals surface area contributed by atoms with Gasteiger partial charge in [-0.3, -0.25) is 0 Å². The third-order valence-corrected chi connectivity index (χ3v) is 3.93. The van der Waals surface area contributed by atoms with Crippen molar-refractivity contribution in [2.24, 2.45) is 0 Å². The highest BCUT2D eigenvalue weighted by Crippen LogP contribution is 2.27. The summed E-state index contributed by atoms with van der Waals surface area (Å²) in [5.74, 6) is 0. The van der Waals surface area contributed by atoms with E-state index in [1.807, 2.05) is 0 Å². The number of hydrogen-bond donors (Lipinski definition) is 2. The summed E-state index contributed by atoms with van der Waals surface area (Å²) in [5, 5.41) is 13.3. The van der Waals surface area contributed by atoms with E-state index >= 15 is 0 Å². The first-order valence-corrected chi connectivity index (χ1v) is 6.39. The van der Waals surface area contributed by atoms with Gasteiger partial charge in [-0.1, -0.05) is 6.07 Å². The van der Waals surface area contributed by atoms with Gasteiger partial charge in [0.15, 0.2) is 0 Å². The monoisotopic (exact) mass is 217 g/mol. The molecule has 0 unspecified atom stereocenters. The molecule has 2 heteroatoms. The van der Waals surface area contributed by atoms with Gasteiger partial charge in [0.2, 0.25) is 0 Å². The minimum Gasteiger partial charge on any atom is -0.391 e. The fourth-order valence-electron chi connectivity index (χ4n) is 2.98. The van der Waals surface area contributed by atoms with Crippen LogP contribution < -0.4 is 5.32 Å². The maximum atomic E-state index is 9.78. The van der Waals surface area contributed by atoms with Crippen LogP contribution in [0.2, 0.25) is 0 Å². The highest BCUT2D eigenvalue weighted by atomic mass is 16.3. The quantitative estimate of drug-likeness (QED) is 0.797. The predicted octanol–water partition coefficient (Wildman–Crippen LogP) is 2.50. The Bertz CT molecular complexity index is 388. The summed E-state index contributed by atoms with van der Waals surface area (Å²) >= 11 is 0. The molecular formula is C14H19NO. The Morgan fingerprint density at radius 1 is 1.06 bits per heavy atom. The first-order chi connectivity index (χ1) is 7.83. The van der Waals surface area contributed by atoms with Gasteiger partial charge in [0, 0.05) is 5.69 Å². The molecule has 1 aromatic carbocycles. The van der Waals surface area contributed by atoms with Gasteiger partial charge < -0.3 is 10.4 Å². The van der Waals surface area contributed by atoms with E-state index in [0.29, 0.717) is 0 Å². The molecule has 0 bridgehead atoms. The van der Waals surface area contributed by atoms with E-state index in [1.165, 1.54) is 36.1 Å². The van der Waals surface area contributed by atoms with Gasteiger partial charge in [-0.05, 0) is 61.8 Å². The van der Waals surface area contributed by atoms with Crippen LogP contribution in [0.5, 0.6) is 0 Å². The maximum absolute atomic E-state index is 9.78. The van der Waals surface area contributed by atoms with Crippen LogP contribution in [0, 0.1) is 0 Å². The third kappa shape index (κ3) is 1.82. The van der Waals surface area contributed by atoms with Gasteiger partial charge in [-0.2, -0.15) is 0 Å². The Hall–Kier alpha value is -1.02. The molecule has 2 nitrogen and oxygen atoms in total. The van der Waals surface area contributed by atoms with Crippen molar-refractivity contribution in [2.45, 2.75) is 50.7 Å². The number of benzene rings is 1. The van der Waals surface area contributed by atoms with Crippen LogP contribution in [0.4, 0.5) is 5.69 Å². The Labute approximate surface area is 96.7 Å².